The first-order valence-electron chi connectivity index (χ1n) is 8.59. The highest BCUT2D eigenvalue weighted by Crippen LogP contribution is 2.33. The van der Waals surface area contributed by atoms with Crippen LogP contribution in [0, 0.1) is 6.92 Å². The number of benzene rings is 2. The minimum Gasteiger partial charge on any atom is -0.337 e. The largest absolute Gasteiger partial charge is 0.337 e. The molecule has 0 aliphatic carbocycles. The summed E-state index contributed by atoms with van der Waals surface area (Å²) in [6.07, 6.45) is 1.74. The van der Waals surface area contributed by atoms with Crippen LogP contribution in [0.4, 0.5) is 0 Å². The molecule has 1 aliphatic rings. The smallest absolute Gasteiger partial charge is 0.254 e. The summed E-state index contributed by atoms with van der Waals surface area (Å²) in [5.74, 6) is 0.984. The molecule has 2 aromatic carbocycles. The van der Waals surface area contributed by atoms with E-state index in [-0.39, 0.29) is 11.9 Å². The second kappa shape index (κ2) is 6.92. The van der Waals surface area contributed by atoms with Gasteiger partial charge in [0.25, 0.3) is 5.91 Å². The van der Waals surface area contributed by atoms with E-state index >= 15 is 0 Å². The number of nitrogens with zero attached hydrogens (tertiary/aromatic N) is 3. The summed E-state index contributed by atoms with van der Waals surface area (Å²) in [6.45, 7) is 2.69. The van der Waals surface area contributed by atoms with E-state index in [0.717, 1.165) is 24.0 Å². The fourth-order valence-electron chi connectivity index (χ4n) is 3.22. The number of hydrogen-bond donors (Lipinski definition) is 0. The van der Waals surface area contributed by atoms with E-state index in [1.54, 1.807) is 12.1 Å². The zero-order valence-electron chi connectivity index (χ0n) is 14.4. The van der Waals surface area contributed by atoms with Crippen molar-refractivity contribution in [3.05, 3.63) is 70.6 Å². The summed E-state index contributed by atoms with van der Waals surface area (Å²) in [5, 5.41) is 4.73. The topological polar surface area (TPSA) is 59.2 Å². The predicted octanol–water partition coefficient (Wildman–Crippen LogP) is 4.68. The van der Waals surface area contributed by atoms with Gasteiger partial charge in [0.1, 0.15) is 6.04 Å². The molecule has 1 saturated heterocycles. The van der Waals surface area contributed by atoms with E-state index in [0.29, 0.717) is 28.8 Å². The second-order valence-corrected chi connectivity index (χ2v) is 6.92. The maximum Gasteiger partial charge on any atom is 0.254 e. The highest BCUT2D eigenvalue weighted by molar-refractivity contribution is 6.30. The van der Waals surface area contributed by atoms with Crippen LogP contribution in [0.3, 0.4) is 0 Å². The van der Waals surface area contributed by atoms with E-state index < -0.39 is 0 Å². The Morgan fingerprint density at radius 3 is 2.62 bits per heavy atom. The monoisotopic (exact) mass is 367 g/mol. The molecule has 132 valence electrons. The van der Waals surface area contributed by atoms with E-state index in [1.807, 2.05) is 48.2 Å². The van der Waals surface area contributed by atoms with Gasteiger partial charge in [0.05, 0.1) is 0 Å². The van der Waals surface area contributed by atoms with Gasteiger partial charge < -0.3 is 9.42 Å². The first-order chi connectivity index (χ1) is 12.6. The molecule has 5 nitrogen and oxygen atoms in total. The first-order valence-corrected chi connectivity index (χ1v) is 8.97. The van der Waals surface area contributed by atoms with Crippen molar-refractivity contribution in [3.8, 4) is 11.4 Å². The molecule has 0 N–H and O–H groups in total. The lowest BCUT2D eigenvalue weighted by Gasteiger charge is -2.22. The van der Waals surface area contributed by atoms with Gasteiger partial charge >= 0.3 is 0 Å². The summed E-state index contributed by atoms with van der Waals surface area (Å²) in [7, 11) is 0. The van der Waals surface area contributed by atoms with Crippen LogP contribution < -0.4 is 0 Å². The van der Waals surface area contributed by atoms with Gasteiger partial charge in [0.15, 0.2) is 0 Å². The third-order valence-corrected chi connectivity index (χ3v) is 4.89. The maximum absolute atomic E-state index is 12.9. The van der Waals surface area contributed by atoms with Crippen molar-refractivity contribution in [2.24, 2.45) is 0 Å². The number of aryl methyl sites for hydroxylation is 1. The number of halogens is 1. The summed E-state index contributed by atoms with van der Waals surface area (Å²) >= 11 is 5.92. The number of carbonyl (C=O) groups excluding carboxylic acids is 1. The lowest BCUT2D eigenvalue weighted by Crippen LogP contribution is -2.30. The number of rotatable bonds is 3. The summed E-state index contributed by atoms with van der Waals surface area (Å²) in [4.78, 5) is 19.2. The molecule has 1 fully saturated rings. The third kappa shape index (κ3) is 3.22. The van der Waals surface area contributed by atoms with Crippen molar-refractivity contribution in [2.45, 2.75) is 25.8 Å². The SMILES string of the molecule is Cc1ccc(C(=O)N2CCC[C@@H]2c2nc(-c3ccc(Cl)cc3)no2)cc1. The average Bonchev–Trinajstić information content (AvgIpc) is 3.31. The van der Waals surface area contributed by atoms with Crippen LogP contribution in [-0.2, 0) is 0 Å². The molecule has 6 heteroatoms. The Hall–Kier alpha value is -2.66. The van der Waals surface area contributed by atoms with E-state index in [2.05, 4.69) is 10.1 Å². The zero-order valence-corrected chi connectivity index (χ0v) is 15.1. The number of aromatic nitrogens is 2. The van der Waals surface area contributed by atoms with Gasteiger partial charge in [-0.2, -0.15) is 4.98 Å². The van der Waals surface area contributed by atoms with Crippen LogP contribution in [0.25, 0.3) is 11.4 Å². The van der Waals surface area contributed by atoms with Crippen molar-refractivity contribution >= 4 is 17.5 Å². The standard InChI is InChI=1S/C20H18ClN3O2/c1-13-4-6-15(7-5-13)20(25)24-12-2-3-17(24)19-22-18(23-26-19)14-8-10-16(21)11-9-14/h4-11,17H,2-3,12H2,1H3/t17-/m1/s1. The van der Waals surface area contributed by atoms with Crippen LogP contribution in [0.5, 0.6) is 0 Å². The van der Waals surface area contributed by atoms with Gasteiger partial charge in [-0.1, -0.05) is 34.5 Å². The molecule has 26 heavy (non-hydrogen) atoms. The number of carbonyl (C=O) groups is 1. The molecule has 0 saturated carbocycles. The Morgan fingerprint density at radius 1 is 1.15 bits per heavy atom. The Morgan fingerprint density at radius 2 is 1.88 bits per heavy atom. The van der Waals surface area contributed by atoms with Crippen molar-refractivity contribution in [1.82, 2.24) is 15.0 Å². The Labute approximate surface area is 156 Å². The molecule has 0 bridgehead atoms. The molecule has 1 amide bonds. The molecule has 1 atom stereocenters. The van der Waals surface area contributed by atoms with Crippen LogP contribution in [0.15, 0.2) is 53.1 Å². The Bertz CT molecular complexity index is 919. The molecule has 1 aliphatic heterocycles. The van der Waals surface area contributed by atoms with Crippen molar-refractivity contribution in [3.63, 3.8) is 0 Å². The molecule has 0 unspecified atom stereocenters. The highest BCUT2D eigenvalue weighted by Gasteiger charge is 2.34. The molecule has 1 aromatic heterocycles. The van der Waals surface area contributed by atoms with E-state index in [1.165, 1.54) is 0 Å². The van der Waals surface area contributed by atoms with Crippen LogP contribution in [0.1, 0.15) is 40.7 Å². The van der Waals surface area contributed by atoms with Gasteiger partial charge in [-0.3, -0.25) is 4.79 Å². The zero-order chi connectivity index (χ0) is 18.1. The lowest BCUT2D eigenvalue weighted by atomic mass is 10.1. The number of amides is 1. The number of hydrogen-bond acceptors (Lipinski definition) is 4. The first kappa shape index (κ1) is 16.8. The average molecular weight is 368 g/mol. The molecular weight excluding hydrogens is 350 g/mol. The molecular formula is C20H18ClN3O2. The summed E-state index contributed by atoms with van der Waals surface area (Å²) in [6, 6.07) is 14.7. The fraction of sp³-hybridized carbons (Fsp3) is 0.250. The van der Waals surface area contributed by atoms with E-state index in [9.17, 15) is 4.79 Å². The second-order valence-electron chi connectivity index (χ2n) is 6.49. The maximum atomic E-state index is 12.9. The van der Waals surface area contributed by atoms with Crippen LogP contribution in [-0.4, -0.2) is 27.5 Å². The quantitative estimate of drug-likeness (QED) is 0.674. The lowest BCUT2D eigenvalue weighted by molar-refractivity contribution is 0.0710. The Kier molecular flexibility index (Phi) is 4.47. The third-order valence-electron chi connectivity index (χ3n) is 4.64. The molecule has 0 radical (unpaired) electrons. The Balaban J connectivity index is 1.58. The molecule has 2 heterocycles. The minimum absolute atomic E-state index is 0.00116. The van der Waals surface area contributed by atoms with Gasteiger partial charge in [-0.05, 0) is 56.2 Å². The fourth-order valence-corrected chi connectivity index (χ4v) is 3.34. The molecule has 4 rings (SSSR count). The van der Waals surface area contributed by atoms with Crippen molar-refractivity contribution in [1.29, 1.82) is 0 Å². The van der Waals surface area contributed by atoms with Crippen LogP contribution in [0.2, 0.25) is 5.02 Å². The molecule has 0 spiro atoms. The van der Waals surface area contributed by atoms with E-state index in [4.69, 9.17) is 16.1 Å². The highest BCUT2D eigenvalue weighted by atomic mass is 35.5. The van der Waals surface area contributed by atoms with Crippen LogP contribution >= 0.6 is 11.6 Å². The summed E-state index contributed by atoms with van der Waals surface area (Å²) < 4.78 is 5.48. The van der Waals surface area contributed by atoms with Crippen molar-refractivity contribution < 1.29 is 9.32 Å². The van der Waals surface area contributed by atoms with Gasteiger partial charge in [-0.15, -0.1) is 0 Å². The van der Waals surface area contributed by atoms with Gasteiger partial charge in [0, 0.05) is 22.7 Å². The molecule has 3 aromatic rings. The number of likely N-dealkylation sites (tertiary alicyclic amines) is 1. The van der Waals surface area contributed by atoms with Gasteiger partial charge in [-0.25, -0.2) is 0 Å². The summed E-state index contributed by atoms with van der Waals surface area (Å²) in [5.41, 5.74) is 2.64. The minimum atomic E-state index is -0.183. The normalized spacial score (nSPS) is 16.8. The predicted molar refractivity (Wildman–Crippen MR) is 98.9 cm³/mol. The van der Waals surface area contributed by atoms with Crippen molar-refractivity contribution in [2.75, 3.05) is 6.54 Å². The van der Waals surface area contributed by atoms with Gasteiger partial charge in [0.2, 0.25) is 11.7 Å².